The number of aromatic nitrogens is 2. The van der Waals surface area contributed by atoms with E-state index in [9.17, 15) is 5.11 Å². The monoisotopic (exact) mass is 320 g/mol. The summed E-state index contributed by atoms with van der Waals surface area (Å²) in [7, 11) is 0. The van der Waals surface area contributed by atoms with Gasteiger partial charge in [0, 0.05) is 34.8 Å². The lowest BCUT2D eigenvalue weighted by atomic mass is 10.1. The van der Waals surface area contributed by atoms with Gasteiger partial charge in [0.1, 0.15) is 5.75 Å². The van der Waals surface area contributed by atoms with Crippen molar-refractivity contribution in [2.45, 2.75) is 13.3 Å². The Morgan fingerprint density at radius 3 is 2.58 bits per heavy atom. The minimum atomic E-state index is 0.0543. The number of para-hydroxylation sites is 1. The molecule has 0 fully saturated rings. The Bertz CT molecular complexity index is 895. The van der Waals surface area contributed by atoms with Gasteiger partial charge in [0.05, 0.1) is 5.52 Å². The third-order valence-corrected chi connectivity index (χ3v) is 3.85. The molecule has 0 saturated carbocycles. The van der Waals surface area contributed by atoms with Crippen molar-refractivity contribution in [3.05, 3.63) is 72.1 Å². The highest BCUT2D eigenvalue weighted by atomic mass is 16.3. The number of aliphatic hydroxyl groups is 1. The average molecular weight is 320 g/mol. The summed E-state index contributed by atoms with van der Waals surface area (Å²) in [5.74, 6) is 0.255. The second-order valence-corrected chi connectivity index (χ2v) is 5.69. The number of H-pyrrole nitrogens is 1. The van der Waals surface area contributed by atoms with Gasteiger partial charge in [0.2, 0.25) is 0 Å². The van der Waals surface area contributed by atoms with Crippen LogP contribution in [0.2, 0.25) is 0 Å². The number of pyridine rings is 1. The quantitative estimate of drug-likeness (QED) is 0.524. The zero-order valence-electron chi connectivity index (χ0n) is 13.5. The van der Waals surface area contributed by atoms with Crippen LogP contribution in [0.3, 0.4) is 0 Å². The van der Waals surface area contributed by atoms with Gasteiger partial charge >= 0.3 is 0 Å². The van der Waals surface area contributed by atoms with E-state index >= 15 is 0 Å². The lowest BCUT2D eigenvalue weighted by Crippen LogP contribution is -1.90. The number of hydrogen-bond donors (Lipinski definition) is 3. The maximum Gasteiger partial charge on any atom is 0.119 e. The molecule has 0 bridgehead atoms. The Balaban J connectivity index is 0.000000149. The number of aromatic hydroxyl groups is 1. The van der Waals surface area contributed by atoms with E-state index in [1.807, 2.05) is 49.5 Å². The van der Waals surface area contributed by atoms with Crippen LogP contribution in [-0.2, 0) is 6.42 Å². The molecule has 2 aromatic carbocycles. The first-order valence-electron chi connectivity index (χ1n) is 7.89. The minimum absolute atomic E-state index is 0.0543. The summed E-state index contributed by atoms with van der Waals surface area (Å²) in [6.07, 6.45) is 2.29. The highest BCUT2D eigenvalue weighted by Crippen LogP contribution is 2.25. The molecule has 4 aromatic rings. The molecule has 4 nitrogen and oxygen atoms in total. The Labute approximate surface area is 140 Å². The van der Waals surface area contributed by atoms with Gasteiger partial charge in [-0.25, -0.2) is 0 Å². The van der Waals surface area contributed by atoms with Crippen molar-refractivity contribution in [1.82, 2.24) is 9.97 Å². The molecular weight excluding hydrogens is 300 g/mol. The fraction of sp³-hybridized carbons (Fsp3) is 0.150. The van der Waals surface area contributed by atoms with Crippen LogP contribution in [0.25, 0.3) is 21.8 Å². The molecule has 3 N–H and O–H groups in total. The Morgan fingerprint density at radius 2 is 1.79 bits per heavy atom. The first-order valence-corrected chi connectivity index (χ1v) is 7.89. The van der Waals surface area contributed by atoms with Gasteiger partial charge in [-0.2, -0.15) is 0 Å². The molecule has 0 radical (unpaired) electrons. The standard InChI is InChI=1S/C11H13NO2.C9H7N/c1-7-4-9-6-11(14)8(2-3-13)5-10(9)12-7;1-2-6-9-8(4-1)5-3-7-10-9/h4-6,12-14H,2-3H2,1H3;1-7H. The van der Waals surface area contributed by atoms with Crippen LogP contribution in [0.15, 0.2) is 60.8 Å². The maximum absolute atomic E-state index is 9.62. The SMILES string of the molecule is Cc1cc2cc(O)c(CCO)cc2[nH]1.c1ccc2ncccc2c1. The highest BCUT2D eigenvalue weighted by Gasteiger charge is 2.05. The van der Waals surface area contributed by atoms with Crippen LogP contribution in [-0.4, -0.2) is 26.8 Å². The van der Waals surface area contributed by atoms with Crippen LogP contribution < -0.4 is 0 Å². The lowest BCUT2D eigenvalue weighted by molar-refractivity contribution is 0.297. The molecule has 2 aromatic heterocycles. The lowest BCUT2D eigenvalue weighted by Gasteiger charge is -2.02. The van der Waals surface area contributed by atoms with E-state index in [4.69, 9.17) is 5.11 Å². The topological polar surface area (TPSA) is 69.1 Å². The summed E-state index contributed by atoms with van der Waals surface area (Å²) in [4.78, 5) is 7.37. The number of aromatic amines is 1. The number of hydrogen-bond acceptors (Lipinski definition) is 3. The van der Waals surface area contributed by atoms with E-state index in [0.717, 1.165) is 27.7 Å². The number of nitrogens with zero attached hydrogens (tertiary/aromatic N) is 1. The Hall–Kier alpha value is -2.85. The third-order valence-electron chi connectivity index (χ3n) is 3.85. The summed E-state index contributed by atoms with van der Waals surface area (Å²) in [5.41, 5.74) is 3.91. The summed E-state index contributed by atoms with van der Waals surface area (Å²) >= 11 is 0. The zero-order chi connectivity index (χ0) is 16.9. The number of fused-ring (bicyclic) bond motifs is 2. The zero-order valence-corrected chi connectivity index (χ0v) is 13.5. The molecule has 0 aliphatic carbocycles. The molecular formula is C20H20N2O2. The minimum Gasteiger partial charge on any atom is -0.508 e. The van der Waals surface area contributed by atoms with Crippen molar-refractivity contribution in [1.29, 1.82) is 0 Å². The van der Waals surface area contributed by atoms with Gasteiger partial charge in [0.15, 0.2) is 0 Å². The van der Waals surface area contributed by atoms with Crippen molar-refractivity contribution < 1.29 is 10.2 Å². The van der Waals surface area contributed by atoms with Gasteiger partial charge in [-0.3, -0.25) is 4.98 Å². The second-order valence-electron chi connectivity index (χ2n) is 5.69. The summed E-state index contributed by atoms with van der Waals surface area (Å²) in [6, 6.07) is 17.7. The van der Waals surface area contributed by atoms with Crippen LogP contribution in [0, 0.1) is 6.92 Å². The van der Waals surface area contributed by atoms with Crippen LogP contribution in [0.4, 0.5) is 0 Å². The number of rotatable bonds is 2. The van der Waals surface area contributed by atoms with Gasteiger partial charge < -0.3 is 15.2 Å². The predicted molar refractivity (Wildman–Crippen MR) is 97.2 cm³/mol. The molecule has 0 aliphatic rings. The summed E-state index contributed by atoms with van der Waals surface area (Å²) in [5, 5.41) is 20.6. The predicted octanol–water partition coefficient (Wildman–Crippen LogP) is 3.95. The molecule has 24 heavy (non-hydrogen) atoms. The number of nitrogens with one attached hydrogen (secondary N) is 1. The summed E-state index contributed by atoms with van der Waals surface area (Å²) in [6.45, 7) is 2.03. The third kappa shape index (κ3) is 3.55. The van der Waals surface area contributed by atoms with Crippen molar-refractivity contribution in [2.75, 3.05) is 6.61 Å². The first-order chi connectivity index (χ1) is 11.7. The largest absolute Gasteiger partial charge is 0.508 e. The number of benzene rings is 2. The van der Waals surface area contributed by atoms with Crippen molar-refractivity contribution in [2.24, 2.45) is 0 Å². The maximum atomic E-state index is 9.62. The number of aliphatic hydroxyl groups excluding tert-OH is 1. The van der Waals surface area contributed by atoms with E-state index in [-0.39, 0.29) is 12.4 Å². The van der Waals surface area contributed by atoms with Crippen molar-refractivity contribution >= 4 is 21.8 Å². The Morgan fingerprint density at radius 1 is 1.00 bits per heavy atom. The van der Waals surface area contributed by atoms with Gasteiger partial charge in [-0.05, 0) is 49.2 Å². The normalized spacial score (nSPS) is 10.6. The molecule has 4 heteroatoms. The number of aryl methyl sites for hydroxylation is 1. The second kappa shape index (κ2) is 7.15. The fourth-order valence-corrected chi connectivity index (χ4v) is 2.70. The molecule has 4 rings (SSSR count). The molecule has 2 heterocycles. The van der Waals surface area contributed by atoms with E-state index in [2.05, 4.69) is 22.1 Å². The van der Waals surface area contributed by atoms with E-state index in [0.29, 0.717) is 6.42 Å². The van der Waals surface area contributed by atoms with E-state index < -0.39 is 0 Å². The van der Waals surface area contributed by atoms with Gasteiger partial charge in [-0.1, -0.05) is 24.3 Å². The summed E-state index contributed by atoms with van der Waals surface area (Å²) < 4.78 is 0. The highest BCUT2D eigenvalue weighted by molar-refractivity contribution is 5.83. The van der Waals surface area contributed by atoms with Gasteiger partial charge in [0.25, 0.3) is 0 Å². The molecule has 0 spiro atoms. The molecule has 0 atom stereocenters. The van der Waals surface area contributed by atoms with Crippen molar-refractivity contribution in [3.63, 3.8) is 0 Å². The molecule has 0 aliphatic heterocycles. The molecule has 0 unspecified atom stereocenters. The average Bonchev–Trinajstić information content (AvgIpc) is 2.95. The first kappa shape index (κ1) is 16.0. The number of phenols is 1. The van der Waals surface area contributed by atoms with Crippen molar-refractivity contribution in [3.8, 4) is 5.75 Å². The van der Waals surface area contributed by atoms with Crippen LogP contribution in [0.5, 0.6) is 5.75 Å². The molecule has 122 valence electrons. The van der Waals surface area contributed by atoms with E-state index in [1.54, 1.807) is 6.07 Å². The smallest absolute Gasteiger partial charge is 0.119 e. The van der Waals surface area contributed by atoms with Crippen LogP contribution in [0.1, 0.15) is 11.3 Å². The van der Waals surface area contributed by atoms with E-state index in [1.165, 1.54) is 5.39 Å². The fourth-order valence-electron chi connectivity index (χ4n) is 2.70. The Kier molecular flexibility index (Phi) is 4.77. The van der Waals surface area contributed by atoms with Crippen LogP contribution >= 0.6 is 0 Å². The molecule has 0 amide bonds. The molecule has 0 saturated heterocycles. The van der Waals surface area contributed by atoms with Gasteiger partial charge in [-0.15, -0.1) is 0 Å². The number of phenolic OH excluding ortho intramolecular Hbond substituents is 1.